The summed E-state index contributed by atoms with van der Waals surface area (Å²) in [6.45, 7) is 7.76. The van der Waals surface area contributed by atoms with Crippen LogP contribution in [0.5, 0.6) is 0 Å². The Kier molecular flexibility index (Phi) is 5.45. The van der Waals surface area contributed by atoms with Crippen LogP contribution in [0.15, 0.2) is 54.6 Å². The Morgan fingerprint density at radius 3 is 2.28 bits per heavy atom. The lowest BCUT2D eigenvalue weighted by molar-refractivity contribution is 0.0627. The summed E-state index contributed by atoms with van der Waals surface area (Å²) in [7, 11) is 0. The van der Waals surface area contributed by atoms with Gasteiger partial charge in [0.2, 0.25) is 0 Å². The Hall–Kier alpha value is -2.99. The van der Waals surface area contributed by atoms with E-state index < -0.39 is 0 Å². The molecule has 0 saturated carbocycles. The van der Waals surface area contributed by atoms with Crippen LogP contribution in [-0.2, 0) is 6.54 Å². The number of rotatable bonds is 4. The van der Waals surface area contributed by atoms with Crippen molar-refractivity contribution in [3.8, 4) is 5.69 Å². The monoisotopic (exact) mass is 392 g/mol. The molecule has 1 fully saturated rings. The Morgan fingerprint density at radius 1 is 0.966 bits per heavy atom. The number of piperazine rings is 1. The highest BCUT2D eigenvalue weighted by Gasteiger charge is 2.27. The Balaban J connectivity index is 1.46. The predicted octanol–water partition coefficient (Wildman–Crippen LogP) is 3.59. The van der Waals surface area contributed by atoms with Crippen molar-refractivity contribution in [3.63, 3.8) is 0 Å². The van der Waals surface area contributed by atoms with E-state index in [1.54, 1.807) is 16.8 Å². The third-order valence-corrected chi connectivity index (χ3v) is 5.48. The number of carbonyl (C=O) groups excluding carboxylic acids is 1. The van der Waals surface area contributed by atoms with Crippen molar-refractivity contribution in [1.29, 1.82) is 0 Å². The summed E-state index contributed by atoms with van der Waals surface area (Å²) < 4.78 is 14.9. The number of aromatic nitrogens is 2. The molecule has 2 aromatic carbocycles. The summed E-state index contributed by atoms with van der Waals surface area (Å²) in [5, 5.41) is 4.53. The molecule has 1 aromatic heterocycles. The molecular formula is C23H25FN4O. The van der Waals surface area contributed by atoms with E-state index in [-0.39, 0.29) is 11.7 Å². The van der Waals surface area contributed by atoms with Crippen molar-refractivity contribution in [3.05, 3.63) is 82.9 Å². The topological polar surface area (TPSA) is 41.4 Å². The van der Waals surface area contributed by atoms with Crippen LogP contribution in [0, 0.1) is 19.7 Å². The zero-order valence-corrected chi connectivity index (χ0v) is 16.8. The lowest BCUT2D eigenvalue weighted by Gasteiger charge is -2.34. The van der Waals surface area contributed by atoms with Crippen molar-refractivity contribution in [2.45, 2.75) is 20.4 Å². The maximum Gasteiger partial charge on any atom is 0.257 e. The summed E-state index contributed by atoms with van der Waals surface area (Å²) in [6.07, 6.45) is 0. The minimum atomic E-state index is -0.292. The van der Waals surface area contributed by atoms with Gasteiger partial charge in [0.05, 0.1) is 22.6 Å². The minimum Gasteiger partial charge on any atom is -0.336 e. The van der Waals surface area contributed by atoms with E-state index in [1.807, 2.05) is 24.8 Å². The molecule has 29 heavy (non-hydrogen) atoms. The molecule has 1 amide bonds. The smallest absolute Gasteiger partial charge is 0.257 e. The van der Waals surface area contributed by atoms with Gasteiger partial charge in [-0.05, 0) is 43.7 Å². The number of carbonyl (C=O) groups is 1. The normalized spacial score (nSPS) is 14.9. The van der Waals surface area contributed by atoms with Crippen LogP contribution in [0.3, 0.4) is 0 Å². The van der Waals surface area contributed by atoms with Gasteiger partial charge in [-0.15, -0.1) is 0 Å². The summed E-state index contributed by atoms with van der Waals surface area (Å²) in [5.74, 6) is -0.271. The number of benzene rings is 2. The van der Waals surface area contributed by atoms with Crippen LogP contribution in [0.1, 0.15) is 27.3 Å². The molecule has 0 unspecified atom stereocenters. The van der Waals surface area contributed by atoms with Gasteiger partial charge < -0.3 is 4.90 Å². The first-order valence-corrected chi connectivity index (χ1v) is 9.90. The Bertz CT molecular complexity index is 990. The van der Waals surface area contributed by atoms with Gasteiger partial charge in [-0.3, -0.25) is 9.69 Å². The fourth-order valence-electron chi connectivity index (χ4n) is 3.89. The molecule has 1 aliphatic heterocycles. The van der Waals surface area contributed by atoms with Gasteiger partial charge in [0.1, 0.15) is 5.82 Å². The van der Waals surface area contributed by atoms with Crippen LogP contribution in [0.25, 0.3) is 5.69 Å². The summed E-state index contributed by atoms with van der Waals surface area (Å²) in [6, 6.07) is 16.5. The van der Waals surface area contributed by atoms with Gasteiger partial charge >= 0.3 is 0 Å². The van der Waals surface area contributed by atoms with Crippen molar-refractivity contribution < 1.29 is 9.18 Å². The first-order chi connectivity index (χ1) is 14.0. The number of hydrogen-bond donors (Lipinski definition) is 0. The van der Waals surface area contributed by atoms with Crippen LogP contribution in [0.2, 0.25) is 0 Å². The molecule has 0 aliphatic carbocycles. The van der Waals surface area contributed by atoms with E-state index >= 15 is 0 Å². The molecule has 2 heterocycles. The van der Waals surface area contributed by atoms with Crippen LogP contribution in [-0.4, -0.2) is 51.7 Å². The molecule has 0 bridgehead atoms. The van der Waals surface area contributed by atoms with Gasteiger partial charge in [-0.1, -0.05) is 30.3 Å². The van der Waals surface area contributed by atoms with Crippen molar-refractivity contribution in [2.24, 2.45) is 0 Å². The molecule has 150 valence electrons. The third kappa shape index (κ3) is 4.07. The highest BCUT2D eigenvalue weighted by atomic mass is 19.1. The molecule has 5 nitrogen and oxygen atoms in total. The average molecular weight is 392 g/mol. The first-order valence-electron chi connectivity index (χ1n) is 9.90. The van der Waals surface area contributed by atoms with E-state index in [2.05, 4.69) is 34.3 Å². The molecule has 3 aromatic rings. The molecule has 6 heteroatoms. The fourth-order valence-corrected chi connectivity index (χ4v) is 3.89. The number of halogens is 1. The first kappa shape index (κ1) is 19.3. The second-order valence-corrected chi connectivity index (χ2v) is 7.49. The second kappa shape index (κ2) is 8.17. The van der Waals surface area contributed by atoms with Gasteiger partial charge in [0.25, 0.3) is 5.91 Å². The number of nitrogens with zero attached hydrogens (tertiary/aromatic N) is 4. The second-order valence-electron chi connectivity index (χ2n) is 7.49. The standard InChI is InChI=1S/C23H25FN4O/c1-17-22(18(2)28(25-17)21-10-8-20(24)9-11-21)23(29)27-14-12-26(13-15-27)16-19-6-4-3-5-7-19/h3-11H,12-16H2,1-2H3. The molecule has 0 spiro atoms. The third-order valence-electron chi connectivity index (χ3n) is 5.48. The van der Waals surface area contributed by atoms with E-state index in [0.29, 0.717) is 24.3 Å². The lowest BCUT2D eigenvalue weighted by Crippen LogP contribution is -2.48. The van der Waals surface area contributed by atoms with Crippen molar-refractivity contribution in [1.82, 2.24) is 19.6 Å². The van der Waals surface area contributed by atoms with Gasteiger partial charge in [-0.2, -0.15) is 5.10 Å². The highest BCUT2D eigenvalue weighted by Crippen LogP contribution is 2.21. The minimum absolute atomic E-state index is 0.0210. The molecule has 0 atom stereocenters. The maximum atomic E-state index is 13.2. The maximum absolute atomic E-state index is 13.2. The van der Waals surface area contributed by atoms with E-state index in [4.69, 9.17) is 0 Å². The Morgan fingerprint density at radius 2 is 1.62 bits per heavy atom. The van der Waals surface area contributed by atoms with Gasteiger partial charge in [0, 0.05) is 32.7 Å². The predicted molar refractivity (Wildman–Crippen MR) is 111 cm³/mol. The largest absolute Gasteiger partial charge is 0.336 e. The number of aryl methyl sites for hydroxylation is 1. The zero-order chi connectivity index (χ0) is 20.4. The van der Waals surface area contributed by atoms with Crippen LogP contribution in [0.4, 0.5) is 4.39 Å². The fraction of sp³-hybridized carbons (Fsp3) is 0.304. The molecule has 1 saturated heterocycles. The quantitative estimate of drug-likeness (QED) is 0.681. The SMILES string of the molecule is Cc1nn(-c2ccc(F)cc2)c(C)c1C(=O)N1CCN(Cc2ccccc2)CC1. The highest BCUT2D eigenvalue weighted by molar-refractivity contribution is 5.96. The molecule has 0 radical (unpaired) electrons. The van der Waals surface area contributed by atoms with Gasteiger partial charge in [0.15, 0.2) is 0 Å². The number of amides is 1. The zero-order valence-electron chi connectivity index (χ0n) is 16.8. The summed E-state index contributed by atoms with van der Waals surface area (Å²) in [4.78, 5) is 17.5. The van der Waals surface area contributed by atoms with Gasteiger partial charge in [-0.25, -0.2) is 9.07 Å². The van der Waals surface area contributed by atoms with Crippen molar-refractivity contribution in [2.75, 3.05) is 26.2 Å². The van der Waals surface area contributed by atoms with Crippen LogP contribution >= 0.6 is 0 Å². The molecule has 4 rings (SSSR count). The molecule has 1 aliphatic rings. The van der Waals surface area contributed by atoms with E-state index in [0.717, 1.165) is 31.0 Å². The number of hydrogen-bond acceptors (Lipinski definition) is 3. The molecule has 0 N–H and O–H groups in total. The van der Waals surface area contributed by atoms with E-state index in [1.165, 1.54) is 17.7 Å². The summed E-state index contributed by atoms with van der Waals surface area (Å²) >= 11 is 0. The lowest BCUT2D eigenvalue weighted by atomic mass is 10.1. The summed E-state index contributed by atoms with van der Waals surface area (Å²) in [5.41, 5.74) is 4.17. The van der Waals surface area contributed by atoms with Crippen molar-refractivity contribution >= 4 is 5.91 Å². The molecular weight excluding hydrogens is 367 g/mol. The Labute approximate surface area is 170 Å². The van der Waals surface area contributed by atoms with Crippen LogP contribution < -0.4 is 0 Å². The van der Waals surface area contributed by atoms with E-state index in [9.17, 15) is 9.18 Å². The average Bonchev–Trinajstić information content (AvgIpc) is 3.03.